The molecule has 2 aromatic rings. The number of phenols is 1. The van der Waals surface area contributed by atoms with Crippen LogP contribution in [0.25, 0.3) is 0 Å². The second kappa shape index (κ2) is 8.33. The van der Waals surface area contributed by atoms with Gasteiger partial charge >= 0.3 is 0 Å². The zero-order valence-corrected chi connectivity index (χ0v) is 17.8. The fourth-order valence-electron chi connectivity index (χ4n) is 3.86. The SMILES string of the molecule is CCc1ccc(N2CSC3=C(C#N)C(c4ccc(O)c(OC)c4)CC(=O)N3C2)cc1. The van der Waals surface area contributed by atoms with E-state index in [1.165, 1.54) is 24.4 Å². The number of hydrogen-bond donors (Lipinski definition) is 1. The van der Waals surface area contributed by atoms with Gasteiger partial charge in [-0.25, -0.2) is 0 Å². The molecule has 1 amide bonds. The molecule has 0 spiro atoms. The van der Waals surface area contributed by atoms with Crippen molar-refractivity contribution in [3.8, 4) is 17.6 Å². The predicted octanol–water partition coefficient (Wildman–Crippen LogP) is 4.18. The van der Waals surface area contributed by atoms with Crippen LogP contribution in [-0.4, -0.2) is 35.6 Å². The van der Waals surface area contributed by atoms with Crippen molar-refractivity contribution in [3.63, 3.8) is 0 Å². The van der Waals surface area contributed by atoms with Gasteiger partial charge in [0.25, 0.3) is 0 Å². The summed E-state index contributed by atoms with van der Waals surface area (Å²) >= 11 is 1.52. The molecular formula is C23H23N3O3S. The molecule has 154 valence electrons. The maximum absolute atomic E-state index is 13.0. The Balaban J connectivity index is 1.64. The standard InChI is InChI=1S/C23H23N3O3S/c1-3-15-4-7-17(8-5-15)25-13-26-22(28)11-18(19(12-24)23(26)30-14-25)16-6-9-20(27)21(10-16)29-2/h4-10,18,27H,3,11,13-14H2,1-2H3. The molecule has 30 heavy (non-hydrogen) atoms. The summed E-state index contributed by atoms with van der Waals surface area (Å²) in [5, 5.41) is 20.5. The highest BCUT2D eigenvalue weighted by Crippen LogP contribution is 2.44. The van der Waals surface area contributed by atoms with Crippen molar-refractivity contribution < 1.29 is 14.6 Å². The number of thioether (sulfide) groups is 1. The first kappa shape index (κ1) is 20.2. The smallest absolute Gasteiger partial charge is 0.229 e. The number of rotatable bonds is 4. The van der Waals surface area contributed by atoms with E-state index in [1.807, 2.05) is 0 Å². The predicted molar refractivity (Wildman–Crippen MR) is 117 cm³/mol. The number of amides is 1. The van der Waals surface area contributed by atoms with Crippen molar-refractivity contribution in [1.82, 2.24) is 4.90 Å². The Morgan fingerprint density at radius 1 is 1.27 bits per heavy atom. The lowest BCUT2D eigenvalue weighted by Gasteiger charge is -2.42. The van der Waals surface area contributed by atoms with E-state index in [2.05, 4.69) is 42.2 Å². The van der Waals surface area contributed by atoms with Crippen LogP contribution in [0.4, 0.5) is 5.69 Å². The highest BCUT2D eigenvalue weighted by Gasteiger charge is 2.38. The van der Waals surface area contributed by atoms with E-state index in [9.17, 15) is 15.2 Å². The molecule has 0 bridgehead atoms. The quantitative estimate of drug-likeness (QED) is 0.798. The molecule has 2 aliphatic rings. The summed E-state index contributed by atoms with van der Waals surface area (Å²) < 4.78 is 5.20. The minimum Gasteiger partial charge on any atom is -0.504 e. The molecule has 2 aliphatic heterocycles. The van der Waals surface area contributed by atoms with E-state index >= 15 is 0 Å². The molecule has 0 saturated carbocycles. The monoisotopic (exact) mass is 421 g/mol. The van der Waals surface area contributed by atoms with Gasteiger partial charge in [0.1, 0.15) is 0 Å². The third-order valence-electron chi connectivity index (χ3n) is 5.61. The van der Waals surface area contributed by atoms with Crippen LogP contribution in [0, 0.1) is 11.3 Å². The highest BCUT2D eigenvalue weighted by atomic mass is 32.2. The number of carbonyl (C=O) groups excluding carboxylic acids is 1. The van der Waals surface area contributed by atoms with Crippen molar-refractivity contribution in [2.24, 2.45) is 0 Å². The van der Waals surface area contributed by atoms with Gasteiger partial charge in [0.15, 0.2) is 11.5 Å². The number of carbonyl (C=O) groups is 1. The van der Waals surface area contributed by atoms with Crippen LogP contribution in [0.1, 0.15) is 30.4 Å². The molecule has 7 heteroatoms. The summed E-state index contributed by atoms with van der Waals surface area (Å²) in [6.07, 6.45) is 1.20. The molecule has 2 heterocycles. The second-order valence-corrected chi connectivity index (χ2v) is 8.25. The normalized spacial score (nSPS) is 18.8. The van der Waals surface area contributed by atoms with Crippen LogP contribution in [0.5, 0.6) is 11.5 Å². The van der Waals surface area contributed by atoms with E-state index in [0.29, 0.717) is 23.9 Å². The fourth-order valence-corrected chi connectivity index (χ4v) is 5.03. The van der Waals surface area contributed by atoms with Gasteiger partial charge in [0.05, 0.1) is 36.3 Å². The van der Waals surface area contributed by atoms with Crippen molar-refractivity contribution >= 4 is 23.4 Å². The molecule has 4 rings (SSSR count). The number of methoxy groups -OCH3 is 1. The van der Waals surface area contributed by atoms with Gasteiger partial charge in [-0.1, -0.05) is 36.9 Å². The van der Waals surface area contributed by atoms with Crippen molar-refractivity contribution in [2.75, 3.05) is 24.6 Å². The molecule has 2 aromatic carbocycles. The first-order valence-electron chi connectivity index (χ1n) is 9.84. The first-order chi connectivity index (χ1) is 14.5. The second-order valence-electron chi connectivity index (χ2n) is 7.32. The number of aromatic hydroxyl groups is 1. The molecule has 1 unspecified atom stereocenters. The summed E-state index contributed by atoms with van der Waals surface area (Å²) in [6, 6.07) is 15.7. The van der Waals surface area contributed by atoms with Crippen LogP contribution in [-0.2, 0) is 11.2 Å². The molecule has 6 nitrogen and oxygen atoms in total. The van der Waals surface area contributed by atoms with Gasteiger partial charge in [-0.2, -0.15) is 5.26 Å². The van der Waals surface area contributed by atoms with Crippen molar-refractivity contribution in [1.29, 1.82) is 5.26 Å². The maximum atomic E-state index is 13.0. The van der Waals surface area contributed by atoms with Gasteiger partial charge in [0.2, 0.25) is 5.91 Å². The molecule has 1 saturated heterocycles. The van der Waals surface area contributed by atoms with Crippen LogP contribution < -0.4 is 9.64 Å². The average molecular weight is 422 g/mol. The first-order valence-corrected chi connectivity index (χ1v) is 10.8. The third-order valence-corrected chi connectivity index (χ3v) is 6.76. The lowest BCUT2D eigenvalue weighted by Crippen LogP contribution is -2.47. The minimum absolute atomic E-state index is 0.0107. The van der Waals surface area contributed by atoms with Gasteiger partial charge in [-0.15, -0.1) is 0 Å². The number of hydrogen-bond acceptors (Lipinski definition) is 6. The molecule has 0 radical (unpaired) electrons. The molecule has 1 N–H and O–H groups in total. The van der Waals surface area contributed by atoms with E-state index < -0.39 is 0 Å². The molecule has 1 fully saturated rings. The maximum Gasteiger partial charge on any atom is 0.229 e. The molecule has 1 atom stereocenters. The van der Waals surface area contributed by atoms with Crippen molar-refractivity contribution in [3.05, 3.63) is 64.2 Å². The van der Waals surface area contributed by atoms with Gasteiger partial charge in [-0.3, -0.25) is 9.69 Å². The number of aryl methyl sites for hydroxylation is 1. The fraction of sp³-hybridized carbons (Fsp3) is 0.304. The van der Waals surface area contributed by atoms with E-state index in [0.717, 1.165) is 22.7 Å². The Morgan fingerprint density at radius 3 is 2.70 bits per heavy atom. The molecule has 0 aromatic heterocycles. The Bertz CT molecular complexity index is 1040. The van der Waals surface area contributed by atoms with Gasteiger partial charge < -0.3 is 14.7 Å². The number of fused-ring (bicyclic) bond motifs is 1. The number of ether oxygens (including phenoxy) is 1. The zero-order chi connectivity index (χ0) is 21.3. The van der Waals surface area contributed by atoms with Crippen LogP contribution in [0.3, 0.4) is 0 Å². The van der Waals surface area contributed by atoms with E-state index in [1.54, 1.807) is 23.1 Å². The lowest BCUT2D eigenvalue weighted by molar-refractivity contribution is -0.129. The molecule has 0 aliphatic carbocycles. The Kier molecular flexibility index (Phi) is 5.60. The summed E-state index contributed by atoms with van der Waals surface area (Å²) in [4.78, 5) is 16.9. The zero-order valence-electron chi connectivity index (χ0n) is 17.0. The van der Waals surface area contributed by atoms with E-state index in [-0.39, 0.29) is 24.0 Å². The molecular weight excluding hydrogens is 398 g/mol. The van der Waals surface area contributed by atoms with Crippen LogP contribution in [0.2, 0.25) is 0 Å². The third kappa shape index (κ3) is 3.59. The lowest BCUT2D eigenvalue weighted by atomic mass is 9.86. The number of allylic oxidation sites excluding steroid dienone is 1. The largest absolute Gasteiger partial charge is 0.504 e. The highest BCUT2D eigenvalue weighted by molar-refractivity contribution is 8.03. The summed E-state index contributed by atoms with van der Waals surface area (Å²) in [6.45, 7) is 2.56. The summed E-state index contributed by atoms with van der Waals surface area (Å²) in [7, 11) is 1.48. The average Bonchev–Trinajstić information content (AvgIpc) is 2.79. The Hall–Kier alpha value is -3.11. The Morgan fingerprint density at radius 2 is 2.03 bits per heavy atom. The van der Waals surface area contributed by atoms with Gasteiger partial charge in [-0.05, 0) is 41.8 Å². The number of phenolic OH excluding ortho intramolecular Hbond substituents is 1. The number of nitrogens with zero attached hydrogens (tertiary/aromatic N) is 3. The number of nitriles is 1. The summed E-state index contributed by atoms with van der Waals surface area (Å²) in [5.74, 6) is 0.687. The Labute approximate surface area is 180 Å². The van der Waals surface area contributed by atoms with Crippen molar-refractivity contribution in [2.45, 2.75) is 25.7 Å². The van der Waals surface area contributed by atoms with E-state index in [4.69, 9.17) is 4.74 Å². The van der Waals surface area contributed by atoms with Crippen LogP contribution in [0.15, 0.2) is 53.1 Å². The number of anilines is 1. The topological polar surface area (TPSA) is 76.8 Å². The van der Waals surface area contributed by atoms with Gasteiger partial charge in [0, 0.05) is 18.0 Å². The van der Waals surface area contributed by atoms with Crippen LogP contribution >= 0.6 is 11.8 Å². The number of benzene rings is 2. The minimum atomic E-state index is -0.342. The summed E-state index contributed by atoms with van der Waals surface area (Å²) in [5.41, 5.74) is 3.72.